The molecule has 0 heterocycles. The molecule has 1 amide bonds. The SMILES string of the molecule is CN(C)CCCNC(=O)COc1cccc2ccccc12. The van der Waals surface area contributed by atoms with Crippen LogP contribution in [0.1, 0.15) is 6.42 Å². The van der Waals surface area contributed by atoms with Crippen LogP contribution in [0.15, 0.2) is 42.5 Å². The maximum atomic E-state index is 11.7. The van der Waals surface area contributed by atoms with Crippen molar-refractivity contribution >= 4 is 16.7 Å². The molecule has 0 aliphatic carbocycles. The molecule has 2 rings (SSSR count). The first-order valence-corrected chi connectivity index (χ1v) is 7.19. The van der Waals surface area contributed by atoms with Crippen molar-refractivity contribution in [3.63, 3.8) is 0 Å². The Kier molecular flexibility index (Phi) is 5.58. The van der Waals surface area contributed by atoms with Crippen LogP contribution in [0.25, 0.3) is 10.8 Å². The predicted molar refractivity (Wildman–Crippen MR) is 85.6 cm³/mol. The number of hydrogen-bond donors (Lipinski definition) is 1. The van der Waals surface area contributed by atoms with Gasteiger partial charge in [-0.15, -0.1) is 0 Å². The van der Waals surface area contributed by atoms with Crippen LogP contribution in [-0.2, 0) is 4.79 Å². The highest BCUT2D eigenvalue weighted by atomic mass is 16.5. The van der Waals surface area contributed by atoms with Crippen molar-refractivity contribution in [2.75, 3.05) is 33.8 Å². The van der Waals surface area contributed by atoms with E-state index in [0.29, 0.717) is 6.54 Å². The zero-order valence-corrected chi connectivity index (χ0v) is 12.6. The fraction of sp³-hybridized carbons (Fsp3) is 0.353. The normalized spacial score (nSPS) is 10.8. The van der Waals surface area contributed by atoms with Gasteiger partial charge >= 0.3 is 0 Å². The molecule has 4 nitrogen and oxygen atoms in total. The Morgan fingerprint density at radius 3 is 2.71 bits per heavy atom. The molecule has 0 spiro atoms. The summed E-state index contributed by atoms with van der Waals surface area (Å²) in [6.45, 7) is 1.69. The molecule has 0 aliphatic heterocycles. The van der Waals surface area contributed by atoms with Crippen molar-refractivity contribution in [1.29, 1.82) is 0 Å². The topological polar surface area (TPSA) is 41.6 Å². The zero-order valence-electron chi connectivity index (χ0n) is 12.6. The maximum absolute atomic E-state index is 11.7. The van der Waals surface area contributed by atoms with Gasteiger partial charge in [0.1, 0.15) is 5.75 Å². The summed E-state index contributed by atoms with van der Waals surface area (Å²) in [5.41, 5.74) is 0. The van der Waals surface area contributed by atoms with Gasteiger partial charge in [0.2, 0.25) is 0 Å². The van der Waals surface area contributed by atoms with Crippen molar-refractivity contribution in [3.05, 3.63) is 42.5 Å². The molecule has 0 bridgehead atoms. The molecular weight excluding hydrogens is 264 g/mol. The molecule has 2 aromatic carbocycles. The Balaban J connectivity index is 1.83. The summed E-state index contributed by atoms with van der Waals surface area (Å²) in [5.74, 6) is 0.665. The van der Waals surface area contributed by atoms with Gasteiger partial charge in [0.05, 0.1) is 0 Å². The maximum Gasteiger partial charge on any atom is 0.257 e. The van der Waals surface area contributed by atoms with Gasteiger partial charge in [-0.3, -0.25) is 4.79 Å². The molecule has 21 heavy (non-hydrogen) atoms. The molecule has 112 valence electrons. The highest BCUT2D eigenvalue weighted by Crippen LogP contribution is 2.24. The third kappa shape index (κ3) is 4.76. The minimum atomic E-state index is -0.0818. The summed E-state index contributed by atoms with van der Waals surface area (Å²) >= 11 is 0. The van der Waals surface area contributed by atoms with Crippen LogP contribution in [0.5, 0.6) is 5.75 Å². The van der Waals surface area contributed by atoms with Crippen LogP contribution in [0.2, 0.25) is 0 Å². The average molecular weight is 286 g/mol. The lowest BCUT2D eigenvalue weighted by Gasteiger charge is -2.11. The molecule has 0 fully saturated rings. The van der Waals surface area contributed by atoms with Gasteiger partial charge in [0.25, 0.3) is 5.91 Å². The van der Waals surface area contributed by atoms with Crippen LogP contribution >= 0.6 is 0 Å². The fourth-order valence-corrected chi connectivity index (χ4v) is 2.14. The number of nitrogens with one attached hydrogen (secondary N) is 1. The van der Waals surface area contributed by atoms with Crippen molar-refractivity contribution < 1.29 is 9.53 Å². The van der Waals surface area contributed by atoms with Gasteiger partial charge < -0.3 is 15.0 Å². The average Bonchev–Trinajstić information content (AvgIpc) is 2.49. The number of rotatable bonds is 7. The van der Waals surface area contributed by atoms with Gasteiger partial charge in [-0.1, -0.05) is 36.4 Å². The van der Waals surface area contributed by atoms with E-state index >= 15 is 0 Å². The van der Waals surface area contributed by atoms with Gasteiger partial charge in [0, 0.05) is 11.9 Å². The van der Waals surface area contributed by atoms with E-state index in [1.165, 1.54) is 0 Å². The second kappa shape index (κ2) is 7.64. The number of carbonyl (C=O) groups is 1. The van der Waals surface area contributed by atoms with E-state index in [1.54, 1.807) is 0 Å². The largest absolute Gasteiger partial charge is 0.483 e. The van der Waals surface area contributed by atoms with Crippen molar-refractivity contribution in [3.8, 4) is 5.75 Å². The molecule has 0 unspecified atom stereocenters. The van der Waals surface area contributed by atoms with Gasteiger partial charge in [0.15, 0.2) is 6.61 Å². The molecule has 0 aliphatic rings. The number of hydrogen-bond acceptors (Lipinski definition) is 3. The Morgan fingerprint density at radius 1 is 1.14 bits per heavy atom. The predicted octanol–water partition coefficient (Wildman–Crippen LogP) is 2.29. The van der Waals surface area contributed by atoms with Gasteiger partial charge in [-0.25, -0.2) is 0 Å². The summed E-state index contributed by atoms with van der Waals surface area (Å²) in [5, 5.41) is 5.01. The summed E-state index contributed by atoms with van der Waals surface area (Å²) in [7, 11) is 4.04. The molecular formula is C17H22N2O2. The molecule has 0 saturated heterocycles. The summed E-state index contributed by atoms with van der Waals surface area (Å²) in [6.07, 6.45) is 0.938. The Bertz CT molecular complexity index is 591. The van der Waals surface area contributed by atoms with Gasteiger partial charge in [-0.2, -0.15) is 0 Å². The molecule has 0 aromatic heterocycles. The standard InChI is InChI=1S/C17H22N2O2/c1-19(2)12-6-11-18-17(20)13-21-16-10-5-8-14-7-3-4-9-15(14)16/h3-5,7-10H,6,11-13H2,1-2H3,(H,18,20). The Morgan fingerprint density at radius 2 is 1.90 bits per heavy atom. The number of amides is 1. The molecule has 4 heteroatoms. The smallest absolute Gasteiger partial charge is 0.257 e. The van der Waals surface area contributed by atoms with E-state index in [4.69, 9.17) is 4.74 Å². The van der Waals surface area contributed by atoms with E-state index in [0.717, 1.165) is 29.5 Å². The van der Waals surface area contributed by atoms with E-state index in [-0.39, 0.29) is 12.5 Å². The second-order valence-electron chi connectivity index (χ2n) is 5.27. The summed E-state index contributed by atoms with van der Waals surface area (Å²) in [6, 6.07) is 13.8. The number of ether oxygens (including phenoxy) is 1. The van der Waals surface area contributed by atoms with Crippen molar-refractivity contribution in [2.24, 2.45) is 0 Å². The van der Waals surface area contributed by atoms with Crippen LogP contribution in [0.3, 0.4) is 0 Å². The lowest BCUT2D eigenvalue weighted by atomic mass is 10.1. The first kappa shape index (κ1) is 15.3. The Labute approximate surface area is 125 Å². The summed E-state index contributed by atoms with van der Waals surface area (Å²) in [4.78, 5) is 13.8. The lowest BCUT2D eigenvalue weighted by Crippen LogP contribution is -2.31. The van der Waals surface area contributed by atoms with Crippen LogP contribution in [-0.4, -0.2) is 44.6 Å². The van der Waals surface area contributed by atoms with E-state index in [2.05, 4.69) is 10.2 Å². The first-order valence-electron chi connectivity index (χ1n) is 7.19. The third-order valence-electron chi connectivity index (χ3n) is 3.21. The monoisotopic (exact) mass is 286 g/mol. The molecule has 0 radical (unpaired) electrons. The highest BCUT2D eigenvalue weighted by molar-refractivity contribution is 5.88. The molecule has 0 saturated carbocycles. The minimum Gasteiger partial charge on any atom is -0.483 e. The first-order chi connectivity index (χ1) is 10.2. The summed E-state index contributed by atoms with van der Waals surface area (Å²) < 4.78 is 5.64. The number of fused-ring (bicyclic) bond motifs is 1. The van der Waals surface area contributed by atoms with E-state index < -0.39 is 0 Å². The zero-order chi connectivity index (χ0) is 15.1. The second-order valence-corrected chi connectivity index (χ2v) is 5.27. The lowest BCUT2D eigenvalue weighted by molar-refractivity contribution is -0.123. The third-order valence-corrected chi connectivity index (χ3v) is 3.21. The van der Waals surface area contributed by atoms with Crippen LogP contribution in [0, 0.1) is 0 Å². The van der Waals surface area contributed by atoms with E-state index in [1.807, 2.05) is 56.6 Å². The minimum absolute atomic E-state index is 0.0516. The molecule has 1 N–H and O–H groups in total. The quantitative estimate of drug-likeness (QED) is 0.794. The number of carbonyl (C=O) groups excluding carboxylic acids is 1. The van der Waals surface area contributed by atoms with E-state index in [9.17, 15) is 4.79 Å². The van der Waals surface area contributed by atoms with Crippen molar-refractivity contribution in [2.45, 2.75) is 6.42 Å². The number of benzene rings is 2. The fourth-order valence-electron chi connectivity index (χ4n) is 2.14. The molecule has 0 atom stereocenters. The Hall–Kier alpha value is -2.07. The number of nitrogens with zero attached hydrogens (tertiary/aromatic N) is 1. The van der Waals surface area contributed by atoms with Crippen LogP contribution < -0.4 is 10.1 Å². The highest BCUT2D eigenvalue weighted by Gasteiger charge is 2.05. The van der Waals surface area contributed by atoms with Crippen molar-refractivity contribution in [1.82, 2.24) is 10.2 Å². The van der Waals surface area contributed by atoms with Crippen LogP contribution in [0.4, 0.5) is 0 Å². The van der Waals surface area contributed by atoms with Gasteiger partial charge in [-0.05, 0) is 38.5 Å². The molecule has 2 aromatic rings.